The molecule has 4 heterocycles. The maximum Gasteiger partial charge on any atom is 0.416 e. The topological polar surface area (TPSA) is 98.7 Å². The molecule has 2 aliphatic rings. The molecular formula is C31H38ClF3N6O3S2. The van der Waals surface area contributed by atoms with Crippen LogP contribution in [0.25, 0.3) is 11.3 Å². The molecule has 2 fully saturated rings. The van der Waals surface area contributed by atoms with Gasteiger partial charge in [0, 0.05) is 31.7 Å². The third-order valence-corrected chi connectivity index (χ3v) is 12.2. The average molecular weight is 699 g/mol. The maximum atomic E-state index is 13.4. The number of rotatable bonds is 10. The number of thiophene rings is 1. The minimum Gasteiger partial charge on any atom is -0.349 e. The fourth-order valence-electron chi connectivity index (χ4n) is 5.98. The van der Waals surface area contributed by atoms with E-state index in [1.807, 2.05) is 11.9 Å². The Bertz CT molecular complexity index is 1630. The maximum absolute atomic E-state index is 13.4. The molecule has 2 saturated heterocycles. The lowest BCUT2D eigenvalue weighted by molar-refractivity contribution is -0.137. The third kappa shape index (κ3) is 8.01. The van der Waals surface area contributed by atoms with Gasteiger partial charge in [-0.1, -0.05) is 23.7 Å². The minimum absolute atomic E-state index is 0.0160. The Balaban J connectivity index is 1.35. The number of amides is 1. The van der Waals surface area contributed by atoms with Crippen molar-refractivity contribution in [3.8, 4) is 11.3 Å². The number of aromatic nitrogens is 2. The molecule has 2 aliphatic heterocycles. The van der Waals surface area contributed by atoms with Crippen LogP contribution in [0.1, 0.15) is 50.8 Å². The normalized spacial score (nSPS) is 18.7. The Morgan fingerprint density at radius 2 is 1.78 bits per heavy atom. The molecule has 46 heavy (non-hydrogen) atoms. The summed E-state index contributed by atoms with van der Waals surface area (Å²) in [6.45, 7) is 7.30. The number of halogens is 4. The molecule has 0 radical (unpaired) electrons. The van der Waals surface area contributed by atoms with Crippen LogP contribution in [-0.4, -0.2) is 78.8 Å². The van der Waals surface area contributed by atoms with E-state index in [-0.39, 0.29) is 17.3 Å². The van der Waals surface area contributed by atoms with Gasteiger partial charge in [-0.2, -0.15) is 17.5 Å². The van der Waals surface area contributed by atoms with E-state index < -0.39 is 33.7 Å². The molecule has 1 N–H and O–H groups in total. The second-order valence-corrected chi connectivity index (χ2v) is 16.0. The van der Waals surface area contributed by atoms with Gasteiger partial charge >= 0.3 is 6.18 Å². The van der Waals surface area contributed by atoms with Crippen molar-refractivity contribution in [2.75, 3.05) is 38.1 Å². The summed E-state index contributed by atoms with van der Waals surface area (Å²) in [5.74, 6) is 0.368. The summed E-state index contributed by atoms with van der Waals surface area (Å²) in [5, 5.41) is 2.84. The van der Waals surface area contributed by atoms with E-state index in [0.29, 0.717) is 58.6 Å². The number of carbonyl (C=O) groups excluding carboxylic acids is 1. The summed E-state index contributed by atoms with van der Waals surface area (Å²) in [7, 11) is -2.01. The Hall–Kier alpha value is -2.78. The monoisotopic (exact) mass is 698 g/mol. The first-order valence-electron chi connectivity index (χ1n) is 15.3. The Kier molecular flexibility index (Phi) is 10.6. The quantitative estimate of drug-likeness (QED) is 0.282. The molecule has 250 valence electrons. The summed E-state index contributed by atoms with van der Waals surface area (Å²) < 4.78 is 67.8. The highest BCUT2D eigenvalue weighted by Gasteiger charge is 2.40. The summed E-state index contributed by atoms with van der Waals surface area (Å²) >= 11 is 6.91. The second-order valence-electron chi connectivity index (χ2n) is 12.1. The first-order chi connectivity index (χ1) is 21.7. The molecule has 0 unspecified atom stereocenters. The molecule has 0 saturated carbocycles. The van der Waals surface area contributed by atoms with Crippen LogP contribution < -0.4 is 10.2 Å². The number of nitrogens with one attached hydrogen (secondary N) is 1. The summed E-state index contributed by atoms with van der Waals surface area (Å²) in [6, 6.07) is 8.96. The molecule has 3 aromatic rings. The number of benzene rings is 1. The standard InChI is InChI=1S/C31H38ClF3N6O3S2/c1-20(2)40-15-12-21(13-16-40)19-39(3)30-37-24(17-25(38-30)22-6-8-23(9-7-22)31(33,34)35)18-36-29(42)26-5-4-14-41(26)46(43,44)28-11-10-27(32)45-28/h6-11,17,20-21,26H,4-5,12-16,18-19H2,1-3H3,(H,36,42)/t26-/m0/s1. The Morgan fingerprint density at radius 1 is 1.09 bits per heavy atom. The molecule has 5 rings (SSSR count). The van der Waals surface area contributed by atoms with E-state index >= 15 is 0 Å². The van der Waals surface area contributed by atoms with E-state index in [2.05, 4.69) is 24.1 Å². The van der Waals surface area contributed by atoms with Gasteiger partial charge in [-0.3, -0.25) is 4.79 Å². The van der Waals surface area contributed by atoms with Crippen LogP contribution in [0.4, 0.5) is 19.1 Å². The van der Waals surface area contributed by atoms with E-state index in [4.69, 9.17) is 21.6 Å². The molecule has 1 atom stereocenters. The van der Waals surface area contributed by atoms with Crippen LogP contribution in [0.15, 0.2) is 46.7 Å². The van der Waals surface area contributed by atoms with Crippen LogP contribution in [0.3, 0.4) is 0 Å². The summed E-state index contributed by atoms with van der Waals surface area (Å²) in [6.07, 6.45) is -1.50. The summed E-state index contributed by atoms with van der Waals surface area (Å²) in [5.41, 5.74) is 0.588. The first kappa shape index (κ1) is 34.6. The molecule has 15 heteroatoms. The lowest BCUT2D eigenvalue weighted by Gasteiger charge is -2.36. The van der Waals surface area contributed by atoms with Gasteiger partial charge in [0.25, 0.3) is 10.0 Å². The number of sulfonamides is 1. The predicted octanol–water partition coefficient (Wildman–Crippen LogP) is 5.90. The Labute approximate surface area is 276 Å². The van der Waals surface area contributed by atoms with Gasteiger partial charge in [0.05, 0.1) is 27.8 Å². The smallest absolute Gasteiger partial charge is 0.349 e. The molecule has 2 aromatic heterocycles. The highest BCUT2D eigenvalue weighted by atomic mass is 35.5. The van der Waals surface area contributed by atoms with Crippen LogP contribution in [0.2, 0.25) is 4.34 Å². The van der Waals surface area contributed by atoms with Crippen molar-refractivity contribution in [3.63, 3.8) is 0 Å². The van der Waals surface area contributed by atoms with Crippen molar-refractivity contribution in [2.45, 2.75) is 68.5 Å². The minimum atomic E-state index is -4.46. The van der Waals surface area contributed by atoms with Gasteiger partial charge in [0.15, 0.2) is 0 Å². The van der Waals surface area contributed by atoms with Gasteiger partial charge in [-0.05, 0) is 88.9 Å². The van der Waals surface area contributed by atoms with Gasteiger partial charge in [-0.25, -0.2) is 18.4 Å². The predicted molar refractivity (Wildman–Crippen MR) is 173 cm³/mol. The van der Waals surface area contributed by atoms with Crippen LogP contribution >= 0.6 is 22.9 Å². The lowest BCUT2D eigenvalue weighted by atomic mass is 9.95. The zero-order chi connectivity index (χ0) is 33.2. The fraction of sp³-hybridized carbons (Fsp3) is 0.516. The number of alkyl halides is 3. The number of hydrogen-bond donors (Lipinski definition) is 1. The number of piperidine rings is 1. The van der Waals surface area contributed by atoms with E-state index in [1.165, 1.54) is 28.6 Å². The van der Waals surface area contributed by atoms with E-state index in [0.717, 1.165) is 49.4 Å². The zero-order valence-corrected chi connectivity index (χ0v) is 28.3. The van der Waals surface area contributed by atoms with Crippen LogP contribution in [0, 0.1) is 5.92 Å². The molecule has 0 spiro atoms. The fourth-order valence-corrected chi connectivity index (χ4v) is 9.25. The highest BCUT2D eigenvalue weighted by Crippen LogP contribution is 2.33. The second kappa shape index (κ2) is 14.1. The van der Waals surface area contributed by atoms with E-state index in [1.54, 1.807) is 6.07 Å². The number of nitrogens with zero attached hydrogens (tertiary/aromatic N) is 5. The van der Waals surface area contributed by atoms with Crippen molar-refractivity contribution in [2.24, 2.45) is 5.92 Å². The molecule has 1 aromatic carbocycles. The van der Waals surface area contributed by atoms with E-state index in [9.17, 15) is 26.4 Å². The van der Waals surface area contributed by atoms with Crippen molar-refractivity contribution >= 4 is 44.8 Å². The highest BCUT2D eigenvalue weighted by molar-refractivity contribution is 7.91. The van der Waals surface area contributed by atoms with Gasteiger partial charge < -0.3 is 15.1 Å². The van der Waals surface area contributed by atoms with Crippen molar-refractivity contribution in [3.05, 3.63) is 58.1 Å². The molecular weight excluding hydrogens is 661 g/mol. The SMILES string of the molecule is CC(C)N1CCC(CN(C)c2nc(CNC(=O)[C@@H]3CCCN3S(=O)(=O)c3ccc(Cl)s3)cc(-c3ccc(C(F)(F)F)cc3)n2)CC1. The zero-order valence-electron chi connectivity index (χ0n) is 25.9. The van der Waals surface area contributed by atoms with Gasteiger partial charge in [0.1, 0.15) is 10.3 Å². The van der Waals surface area contributed by atoms with Crippen molar-refractivity contribution < 1.29 is 26.4 Å². The number of likely N-dealkylation sites (tertiary alicyclic amines) is 1. The Morgan fingerprint density at radius 3 is 2.39 bits per heavy atom. The van der Waals surface area contributed by atoms with Gasteiger partial charge in [-0.15, -0.1) is 11.3 Å². The molecule has 9 nitrogen and oxygen atoms in total. The average Bonchev–Trinajstić information content (AvgIpc) is 3.70. The van der Waals surface area contributed by atoms with Crippen LogP contribution in [0.5, 0.6) is 0 Å². The van der Waals surface area contributed by atoms with Crippen molar-refractivity contribution in [1.82, 2.24) is 24.5 Å². The third-order valence-electron chi connectivity index (χ3n) is 8.59. The number of hydrogen-bond acceptors (Lipinski definition) is 8. The molecule has 0 aliphatic carbocycles. The van der Waals surface area contributed by atoms with Gasteiger partial charge in [0.2, 0.25) is 11.9 Å². The first-order valence-corrected chi connectivity index (χ1v) is 17.9. The number of carbonyl (C=O) groups is 1. The number of anilines is 1. The van der Waals surface area contributed by atoms with Crippen molar-refractivity contribution in [1.29, 1.82) is 0 Å². The van der Waals surface area contributed by atoms with Crippen LogP contribution in [-0.2, 0) is 27.5 Å². The summed E-state index contributed by atoms with van der Waals surface area (Å²) in [4.78, 5) is 27.2. The largest absolute Gasteiger partial charge is 0.416 e. The molecule has 1 amide bonds. The molecule has 0 bridgehead atoms. The lowest BCUT2D eigenvalue weighted by Crippen LogP contribution is -2.45.